The van der Waals surface area contributed by atoms with E-state index in [0.29, 0.717) is 12.8 Å². The standard InChI is InChI=1S/C71H114NO8P/c1-3-5-7-9-11-13-15-17-19-21-23-25-27-28-29-30-31-32-33-34-35-36-37-38-39-40-42-44-46-48-50-52-54-56-58-60-62-64-71(74)80-69(68-79-81(75,76)78-66-65-72)67-77-70(73)63-61-59-57-55-53-51-49-47-45-43-41-26-24-22-20-18-16-14-12-10-8-6-4-2/h5-8,11-14,17-20,23-26,28-29,31-32,34-35,37-38,40,42-43,45,69H,3-4,9-10,15-16,21-22,27,30,33,36,39,41,44,46-68,72H2,1-2H3,(H,75,76)/b7-5-,8-6-,13-11-,14-12-,19-17-,20-18-,25-23-,26-24-,29-28-,32-31-,35-34-,38-37-,42-40-,45-43-. The average Bonchev–Trinajstić information content (AvgIpc) is 3.46. The van der Waals surface area contributed by atoms with Gasteiger partial charge in [0.1, 0.15) is 6.61 Å². The highest BCUT2D eigenvalue weighted by molar-refractivity contribution is 7.47. The van der Waals surface area contributed by atoms with Gasteiger partial charge >= 0.3 is 19.8 Å². The monoisotopic (exact) mass is 1140 g/mol. The number of ether oxygens (including phenoxy) is 2. The smallest absolute Gasteiger partial charge is 0.462 e. The second kappa shape index (κ2) is 64.5. The molecule has 0 aromatic carbocycles. The fourth-order valence-electron chi connectivity index (χ4n) is 8.01. The molecule has 0 radical (unpaired) electrons. The molecule has 0 heterocycles. The average molecular weight is 1140 g/mol. The van der Waals surface area contributed by atoms with E-state index >= 15 is 0 Å². The molecule has 0 saturated carbocycles. The van der Waals surface area contributed by atoms with Gasteiger partial charge in [-0.1, -0.05) is 261 Å². The molecule has 0 aliphatic carbocycles. The van der Waals surface area contributed by atoms with Gasteiger partial charge in [-0.25, -0.2) is 4.57 Å². The van der Waals surface area contributed by atoms with Gasteiger partial charge in [-0.2, -0.15) is 0 Å². The van der Waals surface area contributed by atoms with Gasteiger partial charge in [-0.05, 0) is 128 Å². The Bertz CT molecular complexity index is 1930. The first-order chi connectivity index (χ1) is 39.8. The van der Waals surface area contributed by atoms with Gasteiger partial charge in [0, 0.05) is 19.4 Å². The maximum Gasteiger partial charge on any atom is 0.472 e. The Morgan fingerprint density at radius 3 is 0.951 bits per heavy atom. The summed E-state index contributed by atoms with van der Waals surface area (Å²) in [5, 5.41) is 0. The predicted molar refractivity (Wildman–Crippen MR) is 348 cm³/mol. The van der Waals surface area contributed by atoms with Crippen LogP contribution >= 0.6 is 7.82 Å². The number of hydrogen-bond donors (Lipinski definition) is 2. The van der Waals surface area contributed by atoms with Gasteiger partial charge in [0.15, 0.2) is 6.10 Å². The molecule has 2 unspecified atom stereocenters. The first-order valence-corrected chi connectivity index (χ1v) is 33.1. The number of hydrogen-bond acceptors (Lipinski definition) is 8. The number of nitrogens with two attached hydrogens (primary N) is 1. The number of carbonyl (C=O) groups is 2. The van der Waals surface area contributed by atoms with Gasteiger partial charge in [-0.3, -0.25) is 18.6 Å². The van der Waals surface area contributed by atoms with Crippen LogP contribution in [0.2, 0.25) is 0 Å². The van der Waals surface area contributed by atoms with Gasteiger partial charge in [0.25, 0.3) is 0 Å². The van der Waals surface area contributed by atoms with Crippen LogP contribution in [-0.4, -0.2) is 49.3 Å². The van der Waals surface area contributed by atoms with Crippen molar-refractivity contribution in [2.24, 2.45) is 5.73 Å². The molecule has 9 nitrogen and oxygen atoms in total. The molecular formula is C71H114NO8P. The van der Waals surface area contributed by atoms with E-state index in [-0.39, 0.29) is 32.6 Å². The molecule has 0 fully saturated rings. The quantitative estimate of drug-likeness (QED) is 0.0264. The molecule has 3 N–H and O–H groups in total. The number of unbranched alkanes of at least 4 members (excludes halogenated alkanes) is 16. The van der Waals surface area contributed by atoms with Crippen molar-refractivity contribution in [1.82, 2.24) is 0 Å². The third kappa shape index (κ3) is 64.4. The van der Waals surface area contributed by atoms with Crippen LogP contribution in [0, 0.1) is 0 Å². The minimum Gasteiger partial charge on any atom is -0.462 e. The Hall–Kier alpha value is -4.63. The molecule has 0 saturated heterocycles. The fraction of sp³-hybridized carbons (Fsp3) is 0.577. The Balaban J connectivity index is 4.03. The van der Waals surface area contributed by atoms with Crippen molar-refractivity contribution in [3.8, 4) is 0 Å². The minimum atomic E-state index is -4.41. The summed E-state index contributed by atoms with van der Waals surface area (Å²) in [7, 11) is -4.41. The van der Waals surface area contributed by atoms with Gasteiger partial charge in [0.2, 0.25) is 0 Å². The van der Waals surface area contributed by atoms with E-state index in [1.807, 2.05) is 0 Å². The largest absolute Gasteiger partial charge is 0.472 e. The van der Waals surface area contributed by atoms with Crippen LogP contribution in [0.25, 0.3) is 0 Å². The molecular weight excluding hydrogens is 1030 g/mol. The highest BCUT2D eigenvalue weighted by atomic mass is 31.2. The molecule has 81 heavy (non-hydrogen) atoms. The molecule has 0 amide bonds. The van der Waals surface area contributed by atoms with Gasteiger partial charge < -0.3 is 20.1 Å². The zero-order valence-corrected chi connectivity index (χ0v) is 51.8. The maximum atomic E-state index is 12.7. The van der Waals surface area contributed by atoms with Crippen LogP contribution < -0.4 is 5.73 Å². The fourth-order valence-corrected chi connectivity index (χ4v) is 8.77. The number of carbonyl (C=O) groups excluding carboxylic acids is 2. The van der Waals surface area contributed by atoms with Crippen LogP contribution in [0.1, 0.15) is 232 Å². The summed E-state index contributed by atoms with van der Waals surface area (Å²) in [6.07, 6.45) is 95.5. The van der Waals surface area contributed by atoms with E-state index in [1.54, 1.807) is 0 Å². The Kier molecular flexibility index (Phi) is 60.8. The number of phosphoric ester groups is 1. The Morgan fingerprint density at radius 2 is 0.642 bits per heavy atom. The Morgan fingerprint density at radius 1 is 0.370 bits per heavy atom. The lowest BCUT2D eigenvalue weighted by Crippen LogP contribution is -2.29. The van der Waals surface area contributed by atoms with Crippen molar-refractivity contribution >= 4 is 19.8 Å². The van der Waals surface area contributed by atoms with Crippen LogP contribution in [0.5, 0.6) is 0 Å². The summed E-state index contributed by atoms with van der Waals surface area (Å²) in [4.78, 5) is 35.3. The second-order valence-corrected chi connectivity index (χ2v) is 21.6. The van der Waals surface area contributed by atoms with Crippen LogP contribution in [-0.2, 0) is 32.7 Å². The van der Waals surface area contributed by atoms with E-state index < -0.39 is 32.5 Å². The van der Waals surface area contributed by atoms with E-state index in [4.69, 9.17) is 24.3 Å². The zero-order valence-electron chi connectivity index (χ0n) is 50.9. The van der Waals surface area contributed by atoms with Crippen LogP contribution in [0.4, 0.5) is 0 Å². The third-order valence-corrected chi connectivity index (χ3v) is 13.6. The molecule has 0 spiro atoms. The van der Waals surface area contributed by atoms with Crippen LogP contribution in [0.15, 0.2) is 170 Å². The van der Waals surface area contributed by atoms with E-state index in [1.165, 1.54) is 51.4 Å². The zero-order chi connectivity index (χ0) is 58.7. The van der Waals surface area contributed by atoms with Crippen molar-refractivity contribution in [2.45, 2.75) is 238 Å². The molecule has 0 aromatic rings. The van der Waals surface area contributed by atoms with Crippen LogP contribution in [0.3, 0.4) is 0 Å². The summed E-state index contributed by atoms with van der Waals surface area (Å²) < 4.78 is 33.1. The third-order valence-electron chi connectivity index (χ3n) is 12.6. The lowest BCUT2D eigenvalue weighted by Gasteiger charge is -2.19. The summed E-state index contributed by atoms with van der Waals surface area (Å²) >= 11 is 0. The minimum absolute atomic E-state index is 0.0416. The van der Waals surface area contributed by atoms with Gasteiger partial charge in [-0.15, -0.1) is 0 Å². The molecule has 456 valence electrons. The summed E-state index contributed by atoms with van der Waals surface area (Å²) in [6, 6.07) is 0. The molecule has 10 heteroatoms. The topological polar surface area (TPSA) is 134 Å². The number of phosphoric acid groups is 1. The number of esters is 2. The second-order valence-electron chi connectivity index (χ2n) is 20.2. The van der Waals surface area contributed by atoms with E-state index in [2.05, 4.69) is 184 Å². The van der Waals surface area contributed by atoms with E-state index in [9.17, 15) is 19.0 Å². The Labute approximate surface area is 495 Å². The molecule has 0 rings (SSSR count). The van der Waals surface area contributed by atoms with E-state index in [0.717, 1.165) is 141 Å². The molecule has 2 atom stereocenters. The SMILES string of the molecule is CC/C=C\C/C=C\C/C=C\C/C=C\C/C=C\C/C=C\C/C=C\C/C=C\C/C=C\CCCCCCCCCCCC(=O)OC(COC(=O)CCCCCCCCC/C=C\C/C=C\C/C=C\C/C=C\C/C=C\CC)COP(=O)(O)OCCN. The maximum absolute atomic E-state index is 12.7. The highest BCUT2D eigenvalue weighted by Gasteiger charge is 2.26. The molecule has 0 aliphatic heterocycles. The number of allylic oxidation sites excluding steroid dienone is 28. The van der Waals surface area contributed by atoms with Crippen molar-refractivity contribution < 1.29 is 37.6 Å². The van der Waals surface area contributed by atoms with Gasteiger partial charge in [0.05, 0.1) is 13.2 Å². The van der Waals surface area contributed by atoms with Crippen molar-refractivity contribution in [2.75, 3.05) is 26.4 Å². The number of rotatable bonds is 57. The lowest BCUT2D eigenvalue weighted by atomic mass is 10.1. The first kappa shape index (κ1) is 76.4. The first-order valence-electron chi connectivity index (χ1n) is 31.6. The van der Waals surface area contributed by atoms with Crippen molar-refractivity contribution in [3.05, 3.63) is 170 Å². The lowest BCUT2D eigenvalue weighted by molar-refractivity contribution is -0.161. The summed E-state index contributed by atoms with van der Waals surface area (Å²) in [6.45, 7) is 3.48. The molecule has 0 aromatic heterocycles. The summed E-state index contributed by atoms with van der Waals surface area (Å²) in [5.74, 6) is -0.859. The predicted octanol–water partition coefficient (Wildman–Crippen LogP) is 20.6. The van der Waals surface area contributed by atoms with Crippen molar-refractivity contribution in [3.63, 3.8) is 0 Å². The molecule has 0 bridgehead atoms. The highest BCUT2D eigenvalue weighted by Crippen LogP contribution is 2.43. The molecule has 0 aliphatic rings. The van der Waals surface area contributed by atoms with Crippen molar-refractivity contribution in [1.29, 1.82) is 0 Å². The normalized spacial score (nSPS) is 14.2. The summed E-state index contributed by atoms with van der Waals surface area (Å²) in [5.41, 5.74) is 5.39.